The minimum Gasteiger partial charge on any atom is -0.344 e. The zero-order chi connectivity index (χ0) is 17.3. The van der Waals surface area contributed by atoms with Crippen molar-refractivity contribution in [2.24, 2.45) is 5.14 Å². The number of sulfone groups is 1. The van der Waals surface area contributed by atoms with Gasteiger partial charge in [-0.15, -0.1) is 0 Å². The van der Waals surface area contributed by atoms with Crippen LogP contribution in [0.4, 0.5) is 5.69 Å². The molecule has 23 heavy (non-hydrogen) atoms. The van der Waals surface area contributed by atoms with Crippen LogP contribution in [0, 0.1) is 0 Å². The van der Waals surface area contributed by atoms with Crippen LogP contribution < -0.4 is 15.8 Å². The van der Waals surface area contributed by atoms with E-state index in [1.807, 2.05) is 0 Å². The van der Waals surface area contributed by atoms with Crippen LogP contribution in [0.15, 0.2) is 29.2 Å². The first-order valence-corrected chi connectivity index (χ1v) is 9.89. The van der Waals surface area contributed by atoms with E-state index in [4.69, 9.17) is 5.14 Å². The molecule has 1 heterocycles. The summed E-state index contributed by atoms with van der Waals surface area (Å²) < 4.78 is 44.8. The van der Waals surface area contributed by atoms with Gasteiger partial charge in [-0.2, -0.15) is 0 Å². The van der Waals surface area contributed by atoms with E-state index in [0.29, 0.717) is 0 Å². The molecule has 0 aromatic heterocycles. The van der Waals surface area contributed by atoms with Crippen molar-refractivity contribution in [1.82, 2.24) is 5.32 Å². The number of nitrogens with one attached hydrogen (secondary N) is 2. The van der Waals surface area contributed by atoms with Crippen molar-refractivity contribution in [3.05, 3.63) is 24.3 Å². The Labute approximate surface area is 133 Å². The van der Waals surface area contributed by atoms with Gasteiger partial charge < -0.3 is 10.6 Å². The number of benzene rings is 1. The van der Waals surface area contributed by atoms with Crippen LogP contribution in [0.25, 0.3) is 0 Å². The van der Waals surface area contributed by atoms with Crippen molar-refractivity contribution < 1.29 is 26.4 Å². The molecular formula is C12H15N3O6S2. The van der Waals surface area contributed by atoms with E-state index in [0.717, 1.165) is 0 Å². The Bertz CT molecular complexity index is 830. The standard InChI is InChI=1S/C12H15N3O6S2/c13-23(20,21)10-3-1-8(2-4-10)14-11(16)12(17)15-9-5-6-22(18,19)7-9/h1-4,9H,5-7H2,(H,14,16)(H,15,17)(H2,13,20,21). The molecule has 0 radical (unpaired) electrons. The average molecular weight is 361 g/mol. The Hall–Kier alpha value is -1.98. The van der Waals surface area contributed by atoms with Crippen molar-refractivity contribution in [2.45, 2.75) is 17.4 Å². The molecule has 11 heteroatoms. The zero-order valence-corrected chi connectivity index (χ0v) is 13.5. The Morgan fingerprint density at radius 1 is 1.13 bits per heavy atom. The average Bonchev–Trinajstić information content (AvgIpc) is 2.77. The summed E-state index contributed by atoms with van der Waals surface area (Å²) in [6, 6.07) is 4.36. The van der Waals surface area contributed by atoms with Gasteiger partial charge in [0.05, 0.1) is 16.4 Å². The van der Waals surface area contributed by atoms with Crippen LogP contribution in [-0.4, -0.2) is 46.2 Å². The van der Waals surface area contributed by atoms with Gasteiger partial charge in [-0.1, -0.05) is 0 Å². The van der Waals surface area contributed by atoms with E-state index in [-0.39, 0.29) is 28.5 Å². The smallest absolute Gasteiger partial charge is 0.313 e. The van der Waals surface area contributed by atoms with Crippen LogP contribution in [-0.2, 0) is 29.4 Å². The molecule has 0 aliphatic carbocycles. The Kier molecular flexibility index (Phi) is 4.73. The van der Waals surface area contributed by atoms with Gasteiger partial charge in [0.1, 0.15) is 0 Å². The number of carbonyl (C=O) groups excluding carboxylic acids is 2. The van der Waals surface area contributed by atoms with Crippen LogP contribution in [0.5, 0.6) is 0 Å². The van der Waals surface area contributed by atoms with Crippen LogP contribution in [0.1, 0.15) is 6.42 Å². The third-order valence-electron chi connectivity index (χ3n) is 3.21. The molecule has 1 aliphatic heterocycles. The lowest BCUT2D eigenvalue weighted by Crippen LogP contribution is -2.42. The third kappa shape index (κ3) is 4.74. The van der Waals surface area contributed by atoms with Crippen molar-refractivity contribution in [1.29, 1.82) is 0 Å². The van der Waals surface area contributed by atoms with Crippen molar-refractivity contribution in [3.8, 4) is 0 Å². The first-order chi connectivity index (χ1) is 10.6. The normalized spacial score (nSPS) is 20.0. The molecule has 2 rings (SSSR count). The summed E-state index contributed by atoms with van der Waals surface area (Å²) in [4.78, 5) is 23.3. The summed E-state index contributed by atoms with van der Waals surface area (Å²) >= 11 is 0. The van der Waals surface area contributed by atoms with Crippen molar-refractivity contribution in [2.75, 3.05) is 16.8 Å². The van der Waals surface area contributed by atoms with Crippen LogP contribution in [0.2, 0.25) is 0 Å². The Morgan fingerprint density at radius 2 is 1.74 bits per heavy atom. The maximum Gasteiger partial charge on any atom is 0.313 e. The molecule has 126 valence electrons. The number of hydrogen-bond donors (Lipinski definition) is 3. The van der Waals surface area contributed by atoms with E-state index in [2.05, 4.69) is 10.6 Å². The fourth-order valence-corrected chi connectivity index (χ4v) is 4.26. The fraction of sp³-hybridized carbons (Fsp3) is 0.333. The lowest BCUT2D eigenvalue weighted by molar-refractivity contribution is -0.136. The van der Waals surface area contributed by atoms with Gasteiger partial charge in [-0.05, 0) is 30.7 Å². The first-order valence-electron chi connectivity index (χ1n) is 6.52. The maximum absolute atomic E-state index is 11.7. The predicted molar refractivity (Wildman–Crippen MR) is 81.6 cm³/mol. The van der Waals surface area contributed by atoms with Gasteiger partial charge in [-0.3, -0.25) is 9.59 Å². The highest BCUT2D eigenvalue weighted by molar-refractivity contribution is 7.91. The SMILES string of the molecule is NS(=O)(=O)c1ccc(NC(=O)C(=O)NC2CCS(=O)(=O)C2)cc1. The van der Waals surface area contributed by atoms with E-state index in [9.17, 15) is 26.4 Å². The molecule has 0 spiro atoms. The molecule has 1 fully saturated rings. The maximum atomic E-state index is 11.7. The van der Waals surface area contributed by atoms with Gasteiger partial charge in [-0.25, -0.2) is 22.0 Å². The summed E-state index contributed by atoms with van der Waals surface area (Å²) in [5.74, 6) is -2.13. The second-order valence-electron chi connectivity index (χ2n) is 5.10. The minimum absolute atomic E-state index is 0.0193. The van der Waals surface area contributed by atoms with E-state index in [1.165, 1.54) is 24.3 Å². The summed E-state index contributed by atoms with van der Waals surface area (Å²) in [5, 5.41) is 9.56. The van der Waals surface area contributed by atoms with Gasteiger partial charge in [0.15, 0.2) is 9.84 Å². The number of sulfonamides is 1. The highest BCUT2D eigenvalue weighted by Crippen LogP contribution is 2.13. The van der Waals surface area contributed by atoms with Crippen molar-refractivity contribution >= 4 is 37.4 Å². The second-order valence-corrected chi connectivity index (χ2v) is 8.89. The number of amides is 2. The summed E-state index contributed by atoms with van der Waals surface area (Å²) in [6.07, 6.45) is 0.268. The van der Waals surface area contributed by atoms with E-state index < -0.39 is 37.7 Å². The van der Waals surface area contributed by atoms with Crippen LogP contribution >= 0.6 is 0 Å². The van der Waals surface area contributed by atoms with E-state index >= 15 is 0 Å². The predicted octanol–water partition coefficient (Wildman–Crippen LogP) is -1.42. The van der Waals surface area contributed by atoms with Gasteiger partial charge >= 0.3 is 11.8 Å². The Morgan fingerprint density at radius 3 is 2.22 bits per heavy atom. The largest absolute Gasteiger partial charge is 0.344 e. The van der Waals surface area contributed by atoms with Gasteiger partial charge in [0.2, 0.25) is 10.0 Å². The minimum atomic E-state index is -3.84. The number of anilines is 1. The Balaban J connectivity index is 1.95. The highest BCUT2D eigenvalue weighted by Gasteiger charge is 2.30. The molecule has 0 saturated carbocycles. The van der Waals surface area contributed by atoms with Crippen molar-refractivity contribution in [3.63, 3.8) is 0 Å². The molecule has 1 atom stereocenters. The molecule has 9 nitrogen and oxygen atoms in total. The lowest BCUT2D eigenvalue weighted by Gasteiger charge is -2.11. The highest BCUT2D eigenvalue weighted by atomic mass is 32.2. The quantitative estimate of drug-likeness (QED) is 0.562. The molecule has 1 aromatic rings. The van der Waals surface area contributed by atoms with Gasteiger partial charge in [0.25, 0.3) is 0 Å². The summed E-state index contributed by atoms with van der Waals surface area (Å²) in [5.41, 5.74) is 0.205. The first kappa shape index (κ1) is 17.4. The van der Waals surface area contributed by atoms with E-state index in [1.54, 1.807) is 0 Å². The molecule has 2 amide bonds. The van der Waals surface area contributed by atoms with Gasteiger partial charge in [0, 0.05) is 11.7 Å². The monoisotopic (exact) mass is 361 g/mol. The topological polar surface area (TPSA) is 152 Å². The third-order valence-corrected chi connectivity index (χ3v) is 5.91. The summed E-state index contributed by atoms with van der Waals surface area (Å²) in [6.45, 7) is 0. The summed E-state index contributed by atoms with van der Waals surface area (Å²) in [7, 11) is -7.00. The molecule has 0 bridgehead atoms. The number of primary sulfonamides is 1. The molecular weight excluding hydrogens is 346 g/mol. The number of hydrogen-bond acceptors (Lipinski definition) is 6. The molecule has 1 aliphatic rings. The number of carbonyl (C=O) groups is 2. The fourth-order valence-electron chi connectivity index (χ4n) is 2.08. The second kappa shape index (κ2) is 6.26. The molecule has 1 unspecified atom stereocenters. The number of nitrogens with two attached hydrogens (primary N) is 1. The van der Waals surface area contributed by atoms with Crippen LogP contribution in [0.3, 0.4) is 0 Å². The molecule has 1 aromatic carbocycles. The number of rotatable bonds is 3. The molecule has 4 N–H and O–H groups in total. The zero-order valence-electron chi connectivity index (χ0n) is 11.9. The lowest BCUT2D eigenvalue weighted by atomic mass is 10.2. The molecule has 1 saturated heterocycles.